The van der Waals surface area contributed by atoms with E-state index < -0.39 is 119 Å². The molecule has 16 heteroatoms. The van der Waals surface area contributed by atoms with Crippen LogP contribution in [0.15, 0.2) is 47.2 Å². The average Bonchev–Trinajstić information content (AvgIpc) is 3.68. The van der Waals surface area contributed by atoms with Crippen LogP contribution >= 0.6 is 0 Å². The van der Waals surface area contributed by atoms with E-state index in [4.69, 9.17) is 37.6 Å². The van der Waals surface area contributed by atoms with Crippen LogP contribution < -0.4 is 0 Å². The van der Waals surface area contributed by atoms with Gasteiger partial charge in [0, 0.05) is 26.5 Å². The van der Waals surface area contributed by atoms with Gasteiger partial charge in [-0.3, -0.25) is 19.2 Å². The number of aliphatic hydroxyl groups is 1. The van der Waals surface area contributed by atoms with E-state index in [1.807, 2.05) is 0 Å². The average molecular weight is 758 g/mol. The van der Waals surface area contributed by atoms with Crippen LogP contribution in [-0.2, 0) is 52.3 Å². The highest BCUT2D eigenvalue weighted by atomic mass is 16.7. The van der Waals surface area contributed by atoms with Crippen LogP contribution in [0.25, 0.3) is 0 Å². The van der Waals surface area contributed by atoms with Crippen molar-refractivity contribution in [3.63, 3.8) is 0 Å². The van der Waals surface area contributed by atoms with Crippen molar-refractivity contribution in [1.29, 1.82) is 0 Å². The molecular formula is C38H47NO15. The molecule has 3 heterocycles. The summed E-state index contributed by atoms with van der Waals surface area (Å²) in [5.74, 6) is -8.34. The molecule has 2 aromatic heterocycles. The molecule has 0 unspecified atom stereocenters. The fraction of sp³-hybridized carbons (Fsp3) is 0.605. The lowest BCUT2D eigenvalue weighted by molar-refractivity contribution is -0.362. The zero-order valence-corrected chi connectivity index (χ0v) is 31.7. The summed E-state index contributed by atoms with van der Waals surface area (Å²) in [5.41, 5.74) is -8.64. The number of nitrogens with zero attached hydrogens (tertiary/aromatic N) is 1. The number of rotatable bonds is 11. The van der Waals surface area contributed by atoms with Crippen molar-refractivity contribution in [2.75, 3.05) is 6.61 Å². The normalized spacial score (nSPS) is 32.2. The predicted molar refractivity (Wildman–Crippen MR) is 182 cm³/mol. The van der Waals surface area contributed by atoms with Crippen LogP contribution in [-0.4, -0.2) is 99.8 Å². The van der Waals surface area contributed by atoms with E-state index >= 15 is 0 Å². The van der Waals surface area contributed by atoms with Crippen LogP contribution in [0.2, 0.25) is 0 Å². The van der Waals surface area contributed by atoms with Crippen LogP contribution in [0.4, 0.5) is 0 Å². The minimum absolute atomic E-state index is 0.190. The van der Waals surface area contributed by atoms with Crippen molar-refractivity contribution in [2.24, 2.45) is 23.2 Å². The van der Waals surface area contributed by atoms with Crippen LogP contribution in [0.1, 0.15) is 89.8 Å². The van der Waals surface area contributed by atoms with E-state index in [9.17, 15) is 33.9 Å². The van der Waals surface area contributed by atoms with Crippen molar-refractivity contribution in [3.05, 3.63) is 54.2 Å². The highest BCUT2D eigenvalue weighted by molar-refractivity contribution is 5.88. The molecule has 0 amide bonds. The quantitative estimate of drug-likeness (QED) is 0.257. The minimum atomic E-state index is -2.40. The Balaban J connectivity index is 1.93. The van der Waals surface area contributed by atoms with Crippen molar-refractivity contribution < 1.29 is 71.4 Å². The number of fused-ring (bicyclic) bond motifs is 1. The van der Waals surface area contributed by atoms with E-state index in [0.29, 0.717) is 0 Å². The molecule has 1 spiro atoms. The molecular weight excluding hydrogens is 710 g/mol. The molecule has 0 radical (unpaired) electrons. The van der Waals surface area contributed by atoms with Gasteiger partial charge in [0.25, 0.3) is 0 Å². The van der Waals surface area contributed by atoms with Crippen LogP contribution in [0, 0.1) is 23.2 Å². The van der Waals surface area contributed by atoms with Crippen molar-refractivity contribution >= 4 is 35.8 Å². The third-order valence-corrected chi connectivity index (χ3v) is 10.4. The monoisotopic (exact) mass is 757 g/mol. The number of hydrogen-bond donors (Lipinski definition) is 1. The van der Waals surface area contributed by atoms with E-state index in [0.717, 1.165) is 13.8 Å². The number of carbonyl (C=O) groups excluding carboxylic acids is 6. The minimum Gasteiger partial charge on any atom is -0.464 e. The maximum absolute atomic E-state index is 14.1. The predicted octanol–water partition coefficient (Wildman–Crippen LogP) is 3.37. The first-order valence-electron chi connectivity index (χ1n) is 17.7. The smallest absolute Gasteiger partial charge is 0.374 e. The molecule has 54 heavy (non-hydrogen) atoms. The molecule has 9 atom stereocenters. The first kappa shape index (κ1) is 40.4. The molecule has 2 bridgehead atoms. The van der Waals surface area contributed by atoms with Crippen molar-refractivity contribution in [1.82, 2.24) is 4.98 Å². The van der Waals surface area contributed by atoms with Gasteiger partial charge in [0.2, 0.25) is 5.76 Å². The number of ether oxygens (including phenoxy) is 7. The van der Waals surface area contributed by atoms with Gasteiger partial charge in [0.1, 0.15) is 36.0 Å². The lowest BCUT2D eigenvalue weighted by Crippen LogP contribution is -2.85. The highest BCUT2D eigenvalue weighted by Gasteiger charge is 2.89. The Bertz CT molecular complexity index is 1750. The Morgan fingerprint density at radius 2 is 1.46 bits per heavy atom. The van der Waals surface area contributed by atoms with Gasteiger partial charge in [-0.15, -0.1) is 0 Å². The summed E-state index contributed by atoms with van der Waals surface area (Å²) in [6.45, 7) is 12.1. The molecule has 2 aromatic rings. The summed E-state index contributed by atoms with van der Waals surface area (Å²) in [6, 6.07) is 7.20. The molecule has 1 N–H and O–H groups in total. The van der Waals surface area contributed by atoms with E-state index in [1.54, 1.807) is 47.6 Å². The molecule has 1 aliphatic heterocycles. The molecule has 294 valence electrons. The first-order chi connectivity index (χ1) is 25.2. The van der Waals surface area contributed by atoms with Crippen molar-refractivity contribution in [2.45, 2.75) is 116 Å². The summed E-state index contributed by atoms with van der Waals surface area (Å²) in [7, 11) is 0. The zero-order valence-electron chi connectivity index (χ0n) is 31.7. The summed E-state index contributed by atoms with van der Waals surface area (Å²) in [6.07, 6.45) is -6.38. The number of aromatic nitrogens is 1. The number of pyridine rings is 1. The SMILES string of the molecule is CC(=O)O[C@H]1C[C@](C)(O)[C@]23OC(C)(C)[C@H]([C@H](OC(=O)C(C)C)[C@H](OC(=O)c4ccco4)[C@]2(COC(=O)C(C)C)[C@H]1OC(=O)c1ccccn1)[C@H]3OC(C)=O. The van der Waals surface area contributed by atoms with E-state index in [2.05, 4.69) is 4.98 Å². The zero-order chi connectivity index (χ0) is 40.0. The first-order valence-corrected chi connectivity index (χ1v) is 17.7. The standard InChI is InChI=1S/C38H47NO15/c1-19(2)31(42)48-18-37-28(52-33(44)23-13-10-11-15-39-23)25(49-21(5)40)17-36(9,46)38(37)29(50-22(6)41)26(35(7,8)54-38)27(51-32(43)20(3)4)30(37)53-34(45)24-14-12-16-47-24/h10-16,19-20,25-30,46H,17-18H2,1-9H3/t25-,26+,27-,28-,29+,30-,36-,37-,38-/m0/s1. The second-order valence-corrected chi connectivity index (χ2v) is 15.3. The van der Waals surface area contributed by atoms with Crippen molar-refractivity contribution in [3.8, 4) is 0 Å². The lowest BCUT2D eigenvalue weighted by Gasteiger charge is -2.66. The third kappa shape index (κ3) is 6.85. The molecule has 2 aliphatic carbocycles. The second-order valence-electron chi connectivity index (χ2n) is 15.3. The topological polar surface area (TPSA) is 213 Å². The number of esters is 6. The summed E-state index contributed by atoms with van der Waals surface area (Å²) in [5, 5.41) is 12.9. The van der Waals surface area contributed by atoms with Gasteiger partial charge in [-0.05, 0) is 45.0 Å². The molecule has 0 aromatic carbocycles. The Kier molecular flexibility index (Phi) is 11.0. The third-order valence-electron chi connectivity index (χ3n) is 10.4. The highest BCUT2D eigenvalue weighted by Crippen LogP contribution is 2.69. The molecule has 2 saturated carbocycles. The largest absolute Gasteiger partial charge is 0.464 e. The molecule has 16 nitrogen and oxygen atoms in total. The van der Waals surface area contributed by atoms with Gasteiger partial charge >= 0.3 is 35.8 Å². The summed E-state index contributed by atoms with van der Waals surface area (Å²) < 4.78 is 48.9. The van der Waals surface area contributed by atoms with Crippen LogP contribution in [0.3, 0.4) is 0 Å². The molecule has 1 saturated heterocycles. The van der Waals surface area contributed by atoms with Gasteiger partial charge in [-0.1, -0.05) is 33.8 Å². The van der Waals surface area contributed by atoms with E-state index in [-0.39, 0.29) is 11.5 Å². The molecule has 5 rings (SSSR count). The fourth-order valence-electron chi connectivity index (χ4n) is 8.32. The van der Waals surface area contributed by atoms with Gasteiger partial charge < -0.3 is 42.7 Å². The Labute approximate surface area is 312 Å². The maximum atomic E-state index is 14.1. The van der Waals surface area contributed by atoms with Gasteiger partial charge in [-0.2, -0.15) is 0 Å². The lowest BCUT2D eigenvalue weighted by atomic mass is 9.45. The van der Waals surface area contributed by atoms with Gasteiger partial charge in [0.15, 0.2) is 17.8 Å². The van der Waals surface area contributed by atoms with Crippen LogP contribution in [0.5, 0.6) is 0 Å². The van der Waals surface area contributed by atoms with Gasteiger partial charge in [0.05, 0.1) is 35.2 Å². The summed E-state index contributed by atoms with van der Waals surface area (Å²) in [4.78, 5) is 85.3. The Morgan fingerprint density at radius 1 is 0.815 bits per heavy atom. The number of furan rings is 1. The van der Waals surface area contributed by atoms with E-state index in [1.165, 1.54) is 43.6 Å². The molecule has 3 aliphatic rings. The summed E-state index contributed by atoms with van der Waals surface area (Å²) >= 11 is 0. The maximum Gasteiger partial charge on any atom is 0.374 e. The Hall–Kier alpha value is -4.83. The van der Waals surface area contributed by atoms with Gasteiger partial charge in [-0.25, -0.2) is 14.6 Å². The Morgan fingerprint density at radius 3 is 2.02 bits per heavy atom. The molecule has 3 fully saturated rings. The number of carbonyl (C=O) groups is 6. The fourth-order valence-corrected chi connectivity index (χ4v) is 8.32. The second kappa shape index (κ2) is 14.8. The number of hydrogen-bond acceptors (Lipinski definition) is 16.